The number of nitrogens with zero attached hydrogens (tertiary/aromatic N) is 2. The zero-order valence-corrected chi connectivity index (χ0v) is 17.6. The highest BCUT2D eigenvalue weighted by Crippen LogP contribution is 2.34. The zero-order chi connectivity index (χ0) is 22.5. The summed E-state index contributed by atoms with van der Waals surface area (Å²) >= 11 is 1.19. The smallest absolute Gasteiger partial charge is 0.344 e. The van der Waals surface area contributed by atoms with E-state index in [4.69, 9.17) is 14.9 Å². The molecule has 2 aromatic carbocycles. The maximum atomic E-state index is 12.8. The van der Waals surface area contributed by atoms with Crippen LogP contribution in [0.3, 0.4) is 0 Å². The number of amides is 1. The van der Waals surface area contributed by atoms with Gasteiger partial charge >= 0.3 is 11.9 Å². The molecule has 1 aliphatic heterocycles. The fraction of sp³-hybridized carbons (Fsp3) is 0.182. The number of carbonyl (C=O) groups is 3. The first-order valence-corrected chi connectivity index (χ1v) is 10.2. The van der Waals surface area contributed by atoms with Crippen LogP contribution in [0.1, 0.15) is 29.8 Å². The van der Waals surface area contributed by atoms with Crippen LogP contribution in [0.15, 0.2) is 58.4 Å². The molecule has 1 atom stereocenters. The Labute approximate surface area is 182 Å². The SMILES string of the molecule is CCN1C(=O)/C(=C/c2cccc(OC(C)C(=O)O)c2)SC1=Nc1cccc(C(=O)O)c1. The first-order chi connectivity index (χ1) is 14.8. The van der Waals surface area contributed by atoms with Gasteiger partial charge in [0.1, 0.15) is 5.75 Å². The van der Waals surface area contributed by atoms with Crippen LogP contribution in [0.5, 0.6) is 5.75 Å². The predicted molar refractivity (Wildman–Crippen MR) is 118 cm³/mol. The van der Waals surface area contributed by atoms with Crippen LogP contribution < -0.4 is 4.74 Å². The van der Waals surface area contributed by atoms with E-state index in [0.717, 1.165) is 0 Å². The van der Waals surface area contributed by atoms with Crippen LogP contribution >= 0.6 is 11.8 Å². The fourth-order valence-electron chi connectivity index (χ4n) is 2.77. The van der Waals surface area contributed by atoms with E-state index >= 15 is 0 Å². The fourth-order valence-corrected chi connectivity index (χ4v) is 3.84. The van der Waals surface area contributed by atoms with E-state index in [2.05, 4.69) is 4.99 Å². The molecule has 1 unspecified atom stereocenters. The van der Waals surface area contributed by atoms with E-state index in [1.165, 1.54) is 35.7 Å². The number of thioether (sulfide) groups is 1. The quantitative estimate of drug-likeness (QED) is 0.628. The number of aliphatic imine (C=N–C) groups is 1. The average Bonchev–Trinajstić information content (AvgIpc) is 3.02. The molecule has 3 rings (SSSR count). The summed E-state index contributed by atoms with van der Waals surface area (Å²) in [5.41, 5.74) is 1.23. The summed E-state index contributed by atoms with van der Waals surface area (Å²) in [5, 5.41) is 18.6. The van der Waals surface area contributed by atoms with E-state index in [1.54, 1.807) is 42.5 Å². The summed E-state index contributed by atoms with van der Waals surface area (Å²) in [6.07, 6.45) is 0.686. The second-order valence-electron chi connectivity index (χ2n) is 6.58. The number of hydrogen-bond donors (Lipinski definition) is 2. The summed E-state index contributed by atoms with van der Waals surface area (Å²) in [5.74, 6) is -1.96. The van der Waals surface area contributed by atoms with E-state index in [0.29, 0.717) is 33.6 Å². The molecule has 31 heavy (non-hydrogen) atoms. The molecule has 1 saturated heterocycles. The molecular formula is C22H20N2O6S. The minimum Gasteiger partial charge on any atom is -0.479 e. The van der Waals surface area contributed by atoms with Crippen molar-refractivity contribution in [3.8, 4) is 5.75 Å². The third kappa shape index (κ3) is 5.32. The Morgan fingerprint density at radius 2 is 1.94 bits per heavy atom. The first-order valence-electron chi connectivity index (χ1n) is 9.41. The van der Waals surface area contributed by atoms with Crippen LogP contribution in [-0.2, 0) is 9.59 Å². The standard InChI is InChI=1S/C22H20N2O6S/c1-3-24-19(25)18(11-14-6-4-9-17(10-14)30-13(2)20(26)27)31-22(24)23-16-8-5-7-15(12-16)21(28)29/h4-13H,3H2,1-2H3,(H,26,27)(H,28,29)/b18-11-,23-22?. The van der Waals surface area contributed by atoms with Crippen molar-refractivity contribution in [2.45, 2.75) is 20.0 Å². The normalized spacial score (nSPS) is 17.2. The summed E-state index contributed by atoms with van der Waals surface area (Å²) in [6, 6.07) is 13.0. The second kappa shape index (κ2) is 9.48. The molecule has 0 saturated carbocycles. The van der Waals surface area contributed by atoms with Crippen molar-refractivity contribution in [3.05, 3.63) is 64.6 Å². The number of carboxylic acids is 2. The number of aromatic carboxylic acids is 1. The van der Waals surface area contributed by atoms with Gasteiger partial charge in [0, 0.05) is 6.54 Å². The van der Waals surface area contributed by atoms with Gasteiger partial charge in [-0.2, -0.15) is 0 Å². The summed E-state index contributed by atoms with van der Waals surface area (Å²) in [7, 11) is 0. The van der Waals surface area contributed by atoms with Crippen molar-refractivity contribution in [3.63, 3.8) is 0 Å². The van der Waals surface area contributed by atoms with Crippen LogP contribution in [0.25, 0.3) is 6.08 Å². The molecule has 1 fully saturated rings. The van der Waals surface area contributed by atoms with Gasteiger partial charge in [0.2, 0.25) is 0 Å². The van der Waals surface area contributed by atoms with Crippen molar-refractivity contribution < 1.29 is 29.3 Å². The van der Waals surface area contributed by atoms with Crippen LogP contribution in [-0.4, -0.2) is 50.8 Å². The van der Waals surface area contributed by atoms with Gasteiger partial charge in [-0.25, -0.2) is 14.6 Å². The minimum atomic E-state index is -1.07. The zero-order valence-electron chi connectivity index (χ0n) is 16.8. The minimum absolute atomic E-state index is 0.113. The Bertz CT molecular complexity index is 1090. The summed E-state index contributed by atoms with van der Waals surface area (Å²) < 4.78 is 5.38. The van der Waals surface area contributed by atoms with Gasteiger partial charge in [0.05, 0.1) is 16.2 Å². The Balaban J connectivity index is 1.88. The monoisotopic (exact) mass is 440 g/mol. The van der Waals surface area contributed by atoms with Crippen molar-refractivity contribution in [2.24, 2.45) is 4.99 Å². The largest absolute Gasteiger partial charge is 0.479 e. The number of carboxylic acid groups (broad SMARTS) is 2. The number of amidine groups is 1. The lowest BCUT2D eigenvalue weighted by molar-refractivity contribution is -0.144. The average molecular weight is 440 g/mol. The molecule has 2 N–H and O–H groups in total. The van der Waals surface area contributed by atoms with Gasteiger partial charge < -0.3 is 14.9 Å². The third-order valence-electron chi connectivity index (χ3n) is 4.34. The molecule has 0 aromatic heterocycles. The molecule has 0 aliphatic carbocycles. The number of aliphatic carboxylic acids is 1. The maximum Gasteiger partial charge on any atom is 0.344 e. The highest BCUT2D eigenvalue weighted by molar-refractivity contribution is 8.18. The lowest BCUT2D eigenvalue weighted by Crippen LogP contribution is -2.28. The Kier molecular flexibility index (Phi) is 6.76. The highest BCUT2D eigenvalue weighted by Gasteiger charge is 2.32. The van der Waals surface area contributed by atoms with E-state index < -0.39 is 18.0 Å². The van der Waals surface area contributed by atoms with E-state index in [9.17, 15) is 14.4 Å². The molecule has 0 bridgehead atoms. The lowest BCUT2D eigenvalue weighted by Gasteiger charge is -2.12. The number of ether oxygens (including phenoxy) is 1. The number of likely N-dealkylation sites (N-methyl/N-ethyl adjacent to an activating group) is 1. The summed E-state index contributed by atoms with van der Waals surface area (Å²) in [4.78, 5) is 41.4. The maximum absolute atomic E-state index is 12.8. The number of carbonyl (C=O) groups excluding carboxylic acids is 1. The molecule has 1 amide bonds. The van der Waals surface area contributed by atoms with Crippen LogP contribution in [0.4, 0.5) is 5.69 Å². The van der Waals surface area contributed by atoms with Crippen molar-refractivity contribution >= 4 is 46.5 Å². The molecule has 9 heteroatoms. The van der Waals surface area contributed by atoms with Crippen molar-refractivity contribution in [1.82, 2.24) is 4.90 Å². The van der Waals surface area contributed by atoms with E-state index in [1.807, 2.05) is 6.92 Å². The highest BCUT2D eigenvalue weighted by atomic mass is 32.2. The van der Waals surface area contributed by atoms with Gasteiger partial charge in [0.15, 0.2) is 11.3 Å². The predicted octanol–water partition coefficient (Wildman–Crippen LogP) is 3.86. The second-order valence-corrected chi connectivity index (χ2v) is 7.59. The van der Waals surface area contributed by atoms with Gasteiger partial charge in [-0.15, -0.1) is 0 Å². The van der Waals surface area contributed by atoms with Gasteiger partial charge in [-0.05, 0) is 67.6 Å². The van der Waals surface area contributed by atoms with Crippen molar-refractivity contribution in [2.75, 3.05) is 6.54 Å². The Morgan fingerprint density at radius 1 is 1.19 bits per heavy atom. The van der Waals surface area contributed by atoms with E-state index in [-0.39, 0.29) is 11.5 Å². The Hall–Kier alpha value is -3.59. The molecule has 2 aromatic rings. The molecule has 160 valence electrons. The molecule has 1 aliphatic rings. The van der Waals surface area contributed by atoms with Crippen LogP contribution in [0.2, 0.25) is 0 Å². The van der Waals surface area contributed by atoms with Gasteiger partial charge in [0.25, 0.3) is 5.91 Å². The molecule has 8 nitrogen and oxygen atoms in total. The number of hydrogen-bond acceptors (Lipinski definition) is 6. The van der Waals surface area contributed by atoms with Crippen molar-refractivity contribution in [1.29, 1.82) is 0 Å². The topological polar surface area (TPSA) is 117 Å². The number of rotatable bonds is 7. The van der Waals surface area contributed by atoms with Gasteiger partial charge in [-0.1, -0.05) is 18.2 Å². The lowest BCUT2D eigenvalue weighted by atomic mass is 10.2. The number of benzene rings is 2. The first kappa shape index (κ1) is 22.1. The summed E-state index contributed by atoms with van der Waals surface area (Å²) in [6.45, 7) is 3.66. The van der Waals surface area contributed by atoms with Gasteiger partial charge in [-0.3, -0.25) is 9.69 Å². The Morgan fingerprint density at radius 3 is 2.61 bits per heavy atom. The molecule has 0 spiro atoms. The molecule has 1 heterocycles. The van der Waals surface area contributed by atoms with Crippen LogP contribution in [0, 0.1) is 0 Å². The molecule has 0 radical (unpaired) electrons. The molecular weight excluding hydrogens is 420 g/mol. The third-order valence-corrected chi connectivity index (χ3v) is 5.35.